The van der Waals surface area contributed by atoms with Gasteiger partial charge in [0, 0.05) is 25.2 Å². The van der Waals surface area contributed by atoms with Crippen LogP contribution in [0.5, 0.6) is 0 Å². The number of rotatable bonds is 4. The number of hydrogen-bond donors (Lipinski definition) is 1. The van der Waals surface area contributed by atoms with E-state index in [2.05, 4.69) is 10.3 Å². The smallest absolute Gasteiger partial charge is 0.168 e. The zero-order chi connectivity index (χ0) is 12.3. The summed E-state index contributed by atoms with van der Waals surface area (Å²) in [6.45, 7) is 4.53. The Morgan fingerprint density at radius 3 is 3.06 bits per heavy atom. The summed E-state index contributed by atoms with van der Waals surface area (Å²) in [5, 5.41) is 3.25. The lowest BCUT2D eigenvalue weighted by molar-refractivity contribution is 0.548. The van der Waals surface area contributed by atoms with Crippen molar-refractivity contribution >= 4 is 5.82 Å². The Hall–Kier alpha value is -1.23. The average molecular weight is 241 g/mol. The average Bonchev–Trinajstić information content (AvgIpc) is 2.74. The minimum Gasteiger partial charge on any atom is -0.350 e. The zero-order valence-electron chi connectivity index (χ0n) is 9.92. The van der Waals surface area contributed by atoms with Gasteiger partial charge < -0.3 is 10.2 Å². The molecular formula is C12H17F2N3. The molecule has 17 heavy (non-hydrogen) atoms. The van der Waals surface area contributed by atoms with Gasteiger partial charge in [-0.2, -0.15) is 0 Å². The quantitative estimate of drug-likeness (QED) is 0.873. The van der Waals surface area contributed by atoms with Crippen molar-refractivity contribution in [2.24, 2.45) is 0 Å². The predicted molar refractivity (Wildman–Crippen MR) is 63.1 cm³/mol. The second-order valence-corrected chi connectivity index (χ2v) is 4.26. The Labute approximate surface area is 99.8 Å². The molecule has 1 atom stereocenters. The molecule has 0 spiro atoms. The van der Waals surface area contributed by atoms with E-state index in [9.17, 15) is 8.78 Å². The molecule has 3 nitrogen and oxygen atoms in total. The first-order chi connectivity index (χ1) is 8.22. The molecular weight excluding hydrogens is 224 g/mol. The van der Waals surface area contributed by atoms with Crippen molar-refractivity contribution in [2.45, 2.75) is 25.8 Å². The van der Waals surface area contributed by atoms with Gasteiger partial charge in [-0.1, -0.05) is 6.92 Å². The predicted octanol–water partition coefficient (Wildman–Crippen LogP) is 1.94. The highest BCUT2D eigenvalue weighted by molar-refractivity contribution is 5.42. The number of likely N-dealkylation sites (N-methyl/N-ethyl adjacent to an activating group) is 1. The molecule has 0 radical (unpaired) electrons. The first-order valence-electron chi connectivity index (χ1n) is 6.00. The molecule has 1 unspecified atom stereocenters. The van der Waals surface area contributed by atoms with Crippen molar-refractivity contribution in [3.63, 3.8) is 0 Å². The third-order valence-electron chi connectivity index (χ3n) is 3.07. The van der Waals surface area contributed by atoms with E-state index in [1.54, 1.807) is 0 Å². The van der Waals surface area contributed by atoms with Crippen molar-refractivity contribution in [3.05, 3.63) is 23.9 Å². The van der Waals surface area contributed by atoms with Gasteiger partial charge in [0.1, 0.15) is 5.82 Å². The topological polar surface area (TPSA) is 28.2 Å². The molecule has 5 heteroatoms. The van der Waals surface area contributed by atoms with E-state index in [4.69, 9.17) is 0 Å². The highest BCUT2D eigenvalue weighted by Crippen LogP contribution is 2.25. The van der Waals surface area contributed by atoms with Crippen LogP contribution in [0, 0.1) is 11.6 Å². The third-order valence-corrected chi connectivity index (χ3v) is 3.07. The van der Waals surface area contributed by atoms with Crippen LogP contribution in [0.1, 0.15) is 19.8 Å². The number of halogens is 2. The number of pyridine rings is 1. The molecule has 0 bridgehead atoms. The Bertz CT molecular complexity index is 384. The molecule has 1 N–H and O–H groups in total. The fraction of sp³-hybridized carbons (Fsp3) is 0.583. The standard InChI is InChI=1S/C12H17F2N3/c1-2-15-8-10-4-3-5-17(10)12-11(14)6-9(13)7-16-12/h6-7,10,15H,2-5,8H2,1H3. The van der Waals surface area contributed by atoms with Crippen molar-refractivity contribution in [1.82, 2.24) is 10.3 Å². The van der Waals surface area contributed by atoms with Gasteiger partial charge in [-0.15, -0.1) is 0 Å². The maximum Gasteiger partial charge on any atom is 0.168 e. The van der Waals surface area contributed by atoms with Gasteiger partial charge in [-0.3, -0.25) is 0 Å². The number of hydrogen-bond acceptors (Lipinski definition) is 3. The molecule has 1 aliphatic heterocycles. The van der Waals surface area contributed by atoms with Gasteiger partial charge in [0.25, 0.3) is 0 Å². The van der Waals surface area contributed by atoms with Gasteiger partial charge in [-0.25, -0.2) is 13.8 Å². The van der Waals surface area contributed by atoms with Gasteiger partial charge in [0.15, 0.2) is 11.6 Å². The lowest BCUT2D eigenvalue weighted by Crippen LogP contribution is -2.38. The monoisotopic (exact) mass is 241 g/mol. The Morgan fingerprint density at radius 1 is 1.53 bits per heavy atom. The second-order valence-electron chi connectivity index (χ2n) is 4.26. The van der Waals surface area contributed by atoms with E-state index in [1.165, 1.54) is 0 Å². The van der Waals surface area contributed by atoms with Crippen LogP contribution < -0.4 is 10.2 Å². The van der Waals surface area contributed by atoms with Crippen molar-refractivity contribution < 1.29 is 8.78 Å². The van der Waals surface area contributed by atoms with Crippen LogP contribution in [0.4, 0.5) is 14.6 Å². The summed E-state index contributed by atoms with van der Waals surface area (Å²) in [5.74, 6) is -0.936. The van der Waals surface area contributed by atoms with Crippen molar-refractivity contribution in [1.29, 1.82) is 0 Å². The summed E-state index contributed by atoms with van der Waals surface area (Å²) in [6.07, 6.45) is 3.11. The molecule has 0 aromatic carbocycles. The highest BCUT2D eigenvalue weighted by Gasteiger charge is 2.27. The molecule has 1 aromatic rings. The molecule has 1 aromatic heterocycles. The SMILES string of the molecule is CCNCC1CCCN1c1ncc(F)cc1F. The van der Waals surface area contributed by atoms with E-state index >= 15 is 0 Å². The molecule has 2 rings (SSSR count). The van der Waals surface area contributed by atoms with Crippen LogP contribution >= 0.6 is 0 Å². The molecule has 94 valence electrons. The molecule has 1 aliphatic rings. The number of nitrogens with zero attached hydrogens (tertiary/aromatic N) is 2. The zero-order valence-corrected chi connectivity index (χ0v) is 9.92. The summed E-state index contributed by atoms with van der Waals surface area (Å²) >= 11 is 0. The van der Waals surface area contributed by atoms with Crippen LogP contribution in [-0.4, -0.2) is 30.7 Å². The van der Waals surface area contributed by atoms with Crippen LogP contribution in [0.3, 0.4) is 0 Å². The van der Waals surface area contributed by atoms with Gasteiger partial charge in [-0.05, 0) is 19.4 Å². The van der Waals surface area contributed by atoms with Gasteiger partial charge in [0.05, 0.1) is 6.20 Å². The van der Waals surface area contributed by atoms with Crippen molar-refractivity contribution in [3.8, 4) is 0 Å². The Kier molecular flexibility index (Phi) is 3.89. The third kappa shape index (κ3) is 2.72. The first kappa shape index (κ1) is 12.2. The number of anilines is 1. The van der Waals surface area contributed by atoms with Crippen LogP contribution in [-0.2, 0) is 0 Å². The summed E-state index contributed by atoms with van der Waals surface area (Å²) in [7, 11) is 0. The molecule has 0 saturated carbocycles. The second kappa shape index (κ2) is 5.40. The fourth-order valence-electron chi connectivity index (χ4n) is 2.26. The van der Waals surface area contributed by atoms with E-state index in [0.717, 1.165) is 44.7 Å². The highest BCUT2D eigenvalue weighted by atomic mass is 19.1. The van der Waals surface area contributed by atoms with Crippen LogP contribution in [0.15, 0.2) is 12.3 Å². The Morgan fingerprint density at radius 2 is 2.35 bits per heavy atom. The van der Waals surface area contributed by atoms with Crippen LogP contribution in [0.2, 0.25) is 0 Å². The lowest BCUT2D eigenvalue weighted by Gasteiger charge is -2.26. The van der Waals surface area contributed by atoms with Crippen molar-refractivity contribution in [2.75, 3.05) is 24.5 Å². The summed E-state index contributed by atoms with van der Waals surface area (Å²) < 4.78 is 26.4. The van der Waals surface area contributed by atoms with Crippen LogP contribution in [0.25, 0.3) is 0 Å². The minimum atomic E-state index is -0.631. The van der Waals surface area contributed by atoms with E-state index in [0.29, 0.717) is 0 Å². The summed E-state index contributed by atoms with van der Waals surface area (Å²) in [5.41, 5.74) is 0. The Balaban J connectivity index is 2.14. The molecule has 0 aliphatic carbocycles. The number of nitrogens with one attached hydrogen (secondary N) is 1. The summed E-state index contributed by atoms with van der Waals surface area (Å²) in [6, 6.07) is 1.15. The normalized spacial score (nSPS) is 19.9. The molecule has 2 heterocycles. The fourth-order valence-corrected chi connectivity index (χ4v) is 2.26. The molecule has 0 amide bonds. The molecule has 1 saturated heterocycles. The van der Waals surface area contributed by atoms with Gasteiger partial charge >= 0.3 is 0 Å². The van der Waals surface area contributed by atoms with E-state index in [-0.39, 0.29) is 11.9 Å². The largest absolute Gasteiger partial charge is 0.350 e. The number of aromatic nitrogens is 1. The maximum atomic E-state index is 13.6. The minimum absolute atomic E-state index is 0.252. The summed E-state index contributed by atoms with van der Waals surface area (Å²) in [4.78, 5) is 5.79. The molecule has 1 fully saturated rings. The first-order valence-corrected chi connectivity index (χ1v) is 6.00. The van der Waals surface area contributed by atoms with Gasteiger partial charge in [0.2, 0.25) is 0 Å². The van der Waals surface area contributed by atoms with E-state index in [1.807, 2.05) is 11.8 Å². The lowest BCUT2D eigenvalue weighted by atomic mass is 10.2. The maximum absolute atomic E-state index is 13.6. The van der Waals surface area contributed by atoms with E-state index < -0.39 is 11.6 Å².